The third-order valence-electron chi connectivity index (χ3n) is 2.66. The Labute approximate surface area is 122 Å². The summed E-state index contributed by atoms with van der Waals surface area (Å²) in [5, 5.41) is 4.84. The number of amides is 1. The van der Waals surface area contributed by atoms with Crippen LogP contribution in [0.15, 0.2) is 29.8 Å². The Morgan fingerprint density at radius 1 is 1.55 bits per heavy atom. The Hall–Kier alpha value is -2.16. The lowest BCUT2D eigenvalue weighted by Gasteiger charge is -2.05. The van der Waals surface area contributed by atoms with Crippen LogP contribution in [-0.4, -0.2) is 17.4 Å². The van der Waals surface area contributed by atoms with Gasteiger partial charge in [0.25, 0.3) is 5.91 Å². The first-order valence-electron chi connectivity index (χ1n) is 6.17. The van der Waals surface area contributed by atoms with Crippen LogP contribution in [0.3, 0.4) is 0 Å². The van der Waals surface area contributed by atoms with E-state index in [9.17, 15) is 4.79 Å². The largest absolute Gasteiger partial charge is 0.347 e. The highest BCUT2D eigenvalue weighted by Crippen LogP contribution is 2.14. The molecule has 0 aliphatic rings. The summed E-state index contributed by atoms with van der Waals surface area (Å²) in [6.07, 6.45) is 1.67. The van der Waals surface area contributed by atoms with Crippen LogP contribution in [0.25, 0.3) is 0 Å². The Morgan fingerprint density at radius 3 is 3.15 bits per heavy atom. The van der Waals surface area contributed by atoms with E-state index in [2.05, 4.69) is 22.1 Å². The van der Waals surface area contributed by atoms with E-state index in [1.807, 2.05) is 18.4 Å². The number of thiophene rings is 1. The zero-order chi connectivity index (χ0) is 14.4. The van der Waals surface area contributed by atoms with Crippen molar-refractivity contribution < 1.29 is 4.79 Å². The number of hydrogen-bond donors (Lipinski definition) is 2. The van der Waals surface area contributed by atoms with Crippen LogP contribution in [0.4, 0.5) is 0 Å². The zero-order valence-electron chi connectivity index (χ0n) is 11.1. The molecule has 0 radical (unpaired) electrons. The van der Waals surface area contributed by atoms with E-state index in [0.717, 1.165) is 16.1 Å². The van der Waals surface area contributed by atoms with Gasteiger partial charge in [-0.2, -0.15) is 0 Å². The highest BCUT2D eigenvalue weighted by Gasteiger charge is 2.09. The second kappa shape index (κ2) is 6.85. The fraction of sp³-hybridized carbons (Fsp3) is 0.200. The first kappa shape index (κ1) is 14.3. The van der Waals surface area contributed by atoms with Crippen LogP contribution in [0.5, 0.6) is 0 Å². The molecule has 2 heterocycles. The van der Waals surface area contributed by atoms with E-state index in [1.165, 1.54) is 0 Å². The molecule has 2 rings (SSSR count). The summed E-state index contributed by atoms with van der Waals surface area (Å²) in [5.74, 6) is 5.66. The molecule has 0 atom stereocenters. The molecule has 102 valence electrons. The third kappa shape index (κ3) is 3.67. The zero-order valence-corrected chi connectivity index (χ0v) is 12.0. The van der Waals surface area contributed by atoms with Gasteiger partial charge in [0.2, 0.25) is 0 Å². The lowest BCUT2D eigenvalue weighted by molar-refractivity contribution is 0.0950. The lowest BCUT2D eigenvalue weighted by Crippen LogP contribution is -2.23. The van der Waals surface area contributed by atoms with Gasteiger partial charge in [-0.05, 0) is 25.1 Å². The van der Waals surface area contributed by atoms with Crippen molar-refractivity contribution in [2.45, 2.75) is 13.5 Å². The van der Waals surface area contributed by atoms with Gasteiger partial charge in [0.1, 0.15) is 0 Å². The normalized spacial score (nSPS) is 9.70. The van der Waals surface area contributed by atoms with Gasteiger partial charge in [0.05, 0.1) is 18.7 Å². The molecule has 0 aromatic carbocycles. The van der Waals surface area contributed by atoms with Gasteiger partial charge in [-0.25, -0.2) is 0 Å². The number of nitrogens with zero attached hydrogens (tertiary/aromatic N) is 1. The molecule has 0 aliphatic heterocycles. The number of nitrogens with two attached hydrogens (primary N) is 1. The summed E-state index contributed by atoms with van der Waals surface area (Å²) in [6, 6.07) is 5.49. The van der Waals surface area contributed by atoms with Crippen LogP contribution in [-0.2, 0) is 6.54 Å². The maximum Gasteiger partial charge on any atom is 0.253 e. The fourth-order valence-corrected chi connectivity index (χ4v) is 2.43. The van der Waals surface area contributed by atoms with E-state index < -0.39 is 0 Å². The summed E-state index contributed by atoms with van der Waals surface area (Å²) in [4.78, 5) is 17.2. The molecule has 0 bridgehead atoms. The molecule has 0 saturated carbocycles. The number of aryl methyl sites for hydroxylation is 1. The molecule has 3 N–H and O–H groups in total. The monoisotopic (exact) mass is 285 g/mol. The molecule has 4 nitrogen and oxygen atoms in total. The molecule has 5 heteroatoms. The fourth-order valence-electron chi connectivity index (χ4n) is 1.68. The smallest absolute Gasteiger partial charge is 0.253 e. The number of rotatable bonds is 3. The highest BCUT2D eigenvalue weighted by molar-refractivity contribution is 7.10. The Balaban J connectivity index is 1.97. The van der Waals surface area contributed by atoms with E-state index in [-0.39, 0.29) is 5.91 Å². The van der Waals surface area contributed by atoms with Gasteiger partial charge in [-0.3, -0.25) is 9.78 Å². The molecule has 1 amide bonds. The van der Waals surface area contributed by atoms with Gasteiger partial charge in [-0.15, -0.1) is 11.3 Å². The summed E-state index contributed by atoms with van der Waals surface area (Å²) in [5.41, 5.74) is 7.59. The van der Waals surface area contributed by atoms with Crippen LogP contribution < -0.4 is 11.1 Å². The van der Waals surface area contributed by atoms with E-state index in [0.29, 0.717) is 18.7 Å². The van der Waals surface area contributed by atoms with E-state index >= 15 is 0 Å². The molecule has 0 aliphatic carbocycles. The molecule has 2 aromatic heterocycles. The number of pyridine rings is 1. The van der Waals surface area contributed by atoms with E-state index in [1.54, 1.807) is 29.7 Å². The molecule has 0 unspecified atom stereocenters. The predicted molar refractivity (Wildman–Crippen MR) is 80.4 cm³/mol. The number of hydrogen-bond acceptors (Lipinski definition) is 4. The van der Waals surface area contributed by atoms with Crippen molar-refractivity contribution in [3.8, 4) is 11.8 Å². The second-order valence-electron chi connectivity index (χ2n) is 4.13. The van der Waals surface area contributed by atoms with Crippen molar-refractivity contribution in [1.82, 2.24) is 10.3 Å². The van der Waals surface area contributed by atoms with Crippen molar-refractivity contribution in [3.63, 3.8) is 0 Å². The number of nitrogens with one attached hydrogen (secondary N) is 1. The predicted octanol–water partition coefficient (Wildman–Crippen LogP) is 1.69. The molecule has 20 heavy (non-hydrogen) atoms. The average molecular weight is 285 g/mol. The Kier molecular flexibility index (Phi) is 4.88. The number of carbonyl (C=O) groups is 1. The van der Waals surface area contributed by atoms with Crippen molar-refractivity contribution in [3.05, 3.63) is 51.5 Å². The maximum absolute atomic E-state index is 12.0. The molecule has 2 aromatic rings. The van der Waals surface area contributed by atoms with Gasteiger partial charge in [0, 0.05) is 27.7 Å². The lowest BCUT2D eigenvalue weighted by atomic mass is 10.2. The molecule has 0 spiro atoms. The van der Waals surface area contributed by atoms with Gasteiger partial charge in [-0.1, -0.05) is 11.8 Å². The van der Waals surface area contributed by atoms with Crippen molar-refractivity contribution >= 4 is 17.2 Å². The number of carbonyl (C=O) groups excluding carboxylic acids is 1. The summed E-state index contributed by atoms with van der Waals surface area (Å²) >= 11 is 1.57. The first-order chi connectivity index (χ1) is 9.70. The average Bonchev–Trinajstić information content (AvgIpc) is 2.91. The summed E-state index contributed by atoms with van der Waals surface area (Å²) < 4.78 is 0. The molecular weight excluding hydrogens is 270 g/mol. The summed E-state index contributed by atoms with van der Waals surface area (Å²) in [7, 11) is 0. The number of aromatic nitrogens is 1. The van der Waals surface area contributed by atoms with Gasteiger partial charge in [0.15, 0.2) is 0 Å². The standard InChI is InChI=1S/C15H15N3OS/c1-11-14(5-3-7-17-11)15(19)18-9-13-8-12(10-20-13)4-2-6-16/h3,5,7-8,10H,6,9,16H2,1H3,(H,18,19). The quantitative estimate of drug-likeness (QED) is 0.843. The first-order valence-corrected chi connectivity index (χ1v) is 7.05. The van der Waals surface area contributed by atoms with Gasteiger partial charge >= 0.3 is 0 Å². The van der Waals surface area contributed by atoms with Crippen LogP contribution in [0.2, 0.25) is 0 Å². The minimum absolute atomic E-state index is 0.112. The highest BCUT2D eigenvalue weighted by atomic mass is 32.1. The molecular formula is C15H15N3OS. The van der Waals surface area contributed by atoms with Crippen LogP contribution >= 0.6 is 11.3 Å². The van der Waals surface area contributed by atoms with E-state index in [4.69, 9.17) is 5.73 Å². The maximum atomic E-state index is 12.0. The van der Waals surface area contributed by atoms with Crippen LogP contribution in [0, 0.1) is 18.8 Å². The summed E-state index contributed by atoms with van der Waals surface area (Å²) in [6.45, 7) is 2.66. The van der Waals surface area contributed by atoms with Crippen molar-refractivity contribution in [2.24, 2.45) is 5.73 Å². The molecule has 0 saturated heterocycles. The SMILES string of the molecule is Cc1ncccc1C(=O)NCc1cc(C#CCN)cs1. The minimum atomic E-state index is -0.112. The molecule has 0 fully saturated rings. The van der Waals surface area contributed by atoms with Gasteiger partial charge < -0.3 is 11.1 Å². The third-order valence-corrected chi connectivity index (χ3v) is 3.60. The minimum Gasteiger partial charge on any atom is -0.347 e. The Bertz CT molecular complexity index is 667. The second-order valence-corrected chi connectivity index (χ2v) is 5.12. The van der Waals surface area contributed by atoms with Crippen molar-refractivity contribution in [1.29, 1.82) is 0 Å². The topological polar surface area (TPSA) is 68.0 Å². The van der Waals surface area contributed by atoms with Crippen molar-refractivity contribution in [2.75, 3.05) is 6.54 Å². The van der Waals surface area contributed by atoms with Crippen LogP contribution in [0.1, 0.15) is 26.5 Å². The Morgan fingerprint density at radius 2 is 2.40 bits per heavy atom.